The van der Waals surface area contributed by atoms with Crippen LogP contribution < -0.4 is 4.72 Å². The number of benzene rings is 1. The molecule has 0 saturated carbocycles. The van der Waals surface area contributed by atoms with Gasteiger partial charge in [0.2, 0.25) is 10.0 Å². The van der Waals surface area contributed by atoms with E-state index < -0.39 is 15.9 Å². The molecule has 1 amide bonds. The average Bonchev–Trinajstić information content (AvgIpc) is 2.74. The van der Waals surface area contributed by atoms with Crippen LogP contribution in [0.5, 0.6) is 0 Å². The van der Waals surface area contributed by atoms with Gasteiger partial charge >= 0.3 is 0 Å². The van der Waals surface area contributed by atoms with Gasteiger partial charge in [-0.2, -0.15) is 4.98 Å². The third kappa shape index (κ3) is 3.38. The third-order valence-electron chi connectivity index (χ3n) is 2.20. The molecule has 0 saturated heterocycles. The summed E-state index contributed by atoms with van der Waals surface area (Å²) in [5.74, 6) is 0.164. The molecule has 0 aliphatic heterocycles. The van der Waals surface area contributed by atoms with Gasteiger partial charge in [-0.1, -0.05) is 5.16 Å². The van der Waals surface area contributed by atoms with Crippen LogP contribution in [0.25, 0.3) is 11.5 Å². The minimum absolute atomic E-state index is 0.227. The van der Waals surface area contributed by atoms with Gasteiger partial charge in [-0.25, -0.2) is 13.1 Å². The van der Waals surface area contributed by atoms with Gasteiger partial charge in [-0.15, -0.1) is 0 Å². The molecule has 0 fully saturated rings. The fourth-order valence-electron chi connectivity index (χ4n) is 1.41. The van der Waals surface area contributed by atoms with Gasteiger partial charge < -0.3 is 4.52 Å². The standard InChI is InChI=1S/C11H11N3O4S/c1-7-12-11(18-13-7)9-5-3-8(4-6-9)10(15)14-19(2,16)17/h3-6H,1-2H3,(H,14,15). The Morgan fingerprint density at radius 2 is 1.89 bits per heavy atom. The fraction of sp³-hybridized carbons (Fsp3) is 0.182. The quantitative estimate of drug-likeness (QED) is 0.890. The van der Waals surface area contributed by atoms with Gasteiger partial charge in [0, 0.05) is 11.1 Å². The number of carbonyl (C=O) groups excluding carboxylic acids is 1. The molecule has 2 rings (SSSR count). The normalized spacial score (nSPS) is 11.3. The topological polar surface area (TPSA) is 102 Å². The predicted octanol–water partition coefficient (Wildman–Crippen LogP) is 0.734. The lowest BCUT2D eigenvalue weighted by molar-refractivity contribution is 0.0981. The molecule has 0 atom stereocenters. The zero-order valence-electron chi connectivity index (χ0n) is 10.2. The van der Waals surface area contributed by atoms with Crippen molar-refractivity contribution in [2.24, 2.45) is 0 Å². The summed E-state index contributed by atoms with van der Waals surface area (Å²) in [6.45, 7) is 1.70. The highest BCUT2D eigenvalue weighted by Crippen LogP contribution is 2.17. The average molecular weight is 281 g/mol. The van der Waals surface area contributed by atoms with Crippen molar-refractivity contribution in [2.75, 3.05) is 6.26 Å². The van der Waals surface area contributed by atoms with E-state index in [9.17, 15) is 13.2 Å². The van der Waals surface area contributed by atoms with Crippen LogP contribution in [0.3, 0.4) is 0 Å². The summed E-state index contributed by atoms with van der Waals surface area (Å²) < 4.78 is 28.7. The summed E-state index contributed by atoms with van der Waals surface area (Å²) in [6, 6.07) is 6.17. The number of nitrogens with zero attached hydrogens (tertiary/aromatic N) is 2. The number of sulfonamides is 1. The van der Waals surface area contributed by atoms with E-state index in [-0.39, 0.29) is 5.56 Å². The number of amides is 1. The van der Waals surface area contributed by atoms with E-state index in [0.29, 0.717) is 17.3 Å². The molecular weight excluding hydrogens is 270 g/mol. The lowest BCUT2D eigenvalue weighted by Gasteiger charge is -2.02. The summed E-state index contributed by atoms with van der Waals surface area (Å²) in [5.41, 5.74) is 0.877. The molecule has 100 valence electrons. The van der Waals surface area contributed by atoms with Crippen LogP contribution >= 0.6 is 0 Å². The van der Waals surface area contributed by atoms with Gasteiger partial charge in [0.05, 0.1) is 6.26 Å². The van der Waals surface area contributed by atoms with Crippen LogP contribution in [-0.4, -0.2) is 30.7 Å². The smallest absolute Gasteiger partial charge is 0.264 e. The minimum atomic E-state index is -3.57. The Kier molecular flexibility index (Phi) is 3.34. The molecule has 1 N–H and O–H groups in total. The summed E-state index contributed by atoms with van der Waals surface area (Å²) in [7, 11) is -3.57. The summed E-state index contributed by atoms with van der Waals surface area (Å²) in [5, 5.41) is 3.65. The maximum absolute atomic E-state index is 11.6. The molecule has 0 bridgehead atoms. The highest BCUT2D eigenvalue weighted by molar-refractivity contribution is 7.89. The Bertz CT molecular complexity index is 704. The molecule has 0 spiro atoms. The van der Waals surface area contributed by atoms with Crippen molar-refractivity contribution < 1.29 is 17.7 Å². The Labute approximate surface area is 109 Å². The molecule has 0 aliphatic rings. The Morgan fingerprint density at radius 3 is 2.37 bits per heavy atom. The maximum Gasteiger partial charge on any atom is 0.264 e. The first-order valence-corrected chi connectivity index (χ1v) is 7.17. The van der Waals surface area contributed by atoms with Crippen molar-refractivity contribution in [1.82, 2.24) is 14.9 Å². The van der Waals surface area contributed by atoms with Crippen LogP contribution in [0.2, 0.25) is 0 Å². The van der Waals surface area contributed by atoms with Crippen molar-refractivity contribution in [1.29, 1.82) is 0 Å². The zero-order chi connectivity index (χ0) is 14.0. The number of hydrogen-bond donors (Lipinski definition) is 1. The molecule has 1 heterocycles. The van der Waals surface area contributed by atoms with E-state index in [4.69, 9.17) is 4.52 Å². The largest absolute Gasteiger partial charge is 0.334 e. The van der Waals surface area contributed by atoms with Crippen LogP contribution in [-0.2, 0) is 10.0 Å². The first kappa shape index (κ1) is 13.2. The molecular formula is C11H11N3O4S. The molecule has 0 aliphatic carbocycles. The fourth-order valence-corrected chi connectivity index (χ4v) is 1.86. The number of aryl methyl sites for hydroxylation is 1. The van der Waals surface area contributed by atoms with Gasteiger partial charge in [-0.3, -0.25) is 4.79 Å². The van der Waals surface area contributed by atoms with Gasteiger partial charge in [0.1, 0.15) is 0 Å². The van der Waals surface area contributed by atoms with E-state index in [0.717, 1.165) is 6.26 Å². The highest BCUT2D eigenvalue weighted by atomic mass is 32.2. The van der Waals surface area contributed by atoms with Crippen molar-refractivity contribution in [2.45, 2.75) is 6.92 Å². The van der Waals surface area contributed by atoms with Gasteiger partial charge in [0.25, 0.3) is 11.8 Å². The first-order chi connectivity index (χ1) is 8.85. The number of nitrogens with one attached hydrogen (secondary N) is 1. The molecule has 19 heavy (non-hydrogen) atoms. The van der Waals surface area contributed by atoms with Crippen LogP contribution in [0.15, 0.2) is 28.8 Å². The van der Waals surface area contributed by atoms with E-state index in [1.807, 2.05) is 4.72 Å². The molecule has 1 aromatic heterocycles. The second kappa shape index (κ2) is 4.81. The molecule has 2 aromatic rings. The van der Waals surface area contributed by atoms with E-state index in [1.165, 1.54) is 12.1 Å². The molecule has 8 heteroatoms. The lowest BCUT2D eigenvalue weighted by Crippen LogP contribution is -2.29. The molecule has 7 nitrogen and oxygen atoms in total. The summed E-state index contributed by atoms with van der Waals surface area (Å²) >= 11 is 0. The zero-order valence-corrected chi connectivity index (χ0v) is 11.1. The Hall–Kier alpha value is -2.22. The van der Waals surface area contributed by atoms with Crippen molar-refractivity contribution >= 4 is 15.9 Å². The van der Waals surface area contributed by atoms with Crippen LogP contribution in [0.1, 0.15) is 16.2 Å². The van der Waals surface area contributed by atoms with Gasteiger partial charge in [-0.05, 0) is 31.2 Å². The number of hydrogen-bond acceptors (Lipinski definition) is 6. The maximum atomic E-state index is 11.6. The van der Waals surface area contributed by atoms with E-state index in [2.05, 4.69) is 10.1 Å². The molecule has 0 radical (unpaired) electrons. The van der Waals surface area contributed by atoms with Crippen molar-refractivity contribution in [3.8, 4) is 11.5 Å². The predicted molar refractivity (Wildman–Crippen MR) is 66.8 cm³/mol. The summed E-state index contributed by atoms with van der Waals surface area (Å²) in [4.78, 5) is 15.6. The number of rotatable bonds is 3. The van der Waals surface area contributed by atoms with Gasteiger partial charge in [0.15, 0.2) is 5.82 Å². The summed E-state index contributed by atoms with van der Waals surface area (Å²) in [6.07, 6.45) is 0.917. The van der Waals surface area contributed by atoms with Crippen molar-refractivity contribution in [3.05, 3.63) is 35.7 Å². The Balaban J connectivity index is 2.21. The number of carbonyl (C=O) groups is 1. The van der Waals surface area contributed by atoms with Crippen LogP contribution in [0, 0.1) is 6.92 Å². The Morgan fingerprint density at radius 1 is 1.26 bits per heavy atom. The first-order valence-electron chi connectivity index (χ1n) is 5.28. The minimum Gasteiger partial charge on any atom is -0.334 e. The SMILES string of the molecule is Cc1noc(-c2ccc(C(=O)NS(C)(=O)=O)cc2)n1. The highest BCUT2D eigenvalue weighted by Gasteiger charge is 2.12. The third-order valence-corrected chi connectivity index (χ3v) is 2.76. The number of aromatic nitrogens is 2. The molecule has 0 unspecified atom stereocenters. The molecule has 1 aromatic carbocycles. The monoisotopic (exact) mass is 281 g/mol. The van der Waals surface area contributed by atoms with E-state index in [1.54, 1.807) is 19.1 Å². The second-order valence-corrected chi connectivity index (χ2v) is 5.68. The van der Waals surface area contributed by atoms with E-state index >= 15 is 0 Å². The second-order valence-electron chi connectivity index (χ2n) is 3.93. The lowest BCUT2D eigenvalue weighted by atomic mass is 10.1. The van der Waals surface area contributed by atoms with Crippen LogP contribution in [0.4, 0.5) is 0 Å². The van der Waals surface area contributed by atoms with Crippen molar-refractivity contribution in [3.63, 3.8) is 0 Å².